The summed E-state index contributed by atoms with van der Waals surface area (Å²) in [6.07, 6.45) is 3.84. The largest absolute Gasteiger partial charge is 0.495 e. The molecule has 3 amide bonds. The molecule has 2 aromatic carbocycles. The monoisotopic (exact) mass is 509 g/mol. The fourth-order valence-corrected chi connectivity index (χ4v) is 4.57. The lowest BCUT2D eigenvalue weighted by atomic mass is 10.0. The van der Waals surface area contributed by atoms with Gasteiger partial charge in [-0.25, -0.2) is 18.2 Å². The van der Waals surface area contributed by atoms with Crippen LogP contribution in [-0.4, -0.2) is 51.3 Å². The van der Waals surface area contributed by atoms with Gasteiger partial charge in [0.1, 0.15) is 17.6 Å². The summed E-state index contributed by atoms with van der Waals surface area (Å²) in [4.78, 5) is 31.3. The second-order valence-electron chi connectivity index (χ2n) is 8.33. The molecule has 1 aromatic heterocycles. The predicted octanol–water partition coefficient (Wildman–Crippen LogP) is 3.45. The Morgan fingerprint density at radius 2 is 1.83 bits per heavy atom. The zero-order valence-electron chi connectivity index (χ0n) is 19.9. The number of para-hydroxylation sites is 1. The van der Waals surface area contributed by atoms with Gasteiger partial charge < -0.3 is 15.0 Å². The van der Waals surface area contributed by atoms with E-state index in [2.05, 4.69) is 20.3 Å². The van der Waals surface area contributed by atoms with Crippen molar-refractivity contribution in [2.75, 3.05) is 34.8 Å². The Kier molecular flexibility index (Phi) is 7.39. The van der Waals surface area contributed by atoms with Crippen LogP contribution >= 0.6 is 0 Å². The van der Waals surface area contributed by atoms with Crippen molar-refractivity contribution in [3.05, 3.63) is 66.9 Å². The lowest BCUT2D eigenvalue weighted by Gasteiger charge is -2.32. The van der Waals surface area contributed by atoms with Crippen LogP contribution in [0, 0.1) is 0 Å². The minimum absolute atomic E-state index is 0.203. The molecule has 2 heterocycles. The minimum Gasteiger partial charge on any atom is -0.495 e. The van der Waals surface area contributed by atoms with Gasteiger partial charge in [-0.05, 0) is 48.7 Å². The molecule has 0 unspecified atom stereocenters. The number of carbonyl (C=O) groups excluding carboxylic acids is 2. The van der Waals surface area contributed by atoms with Gasteiger partial charge in [-0.1, -0.05) is 30.3 Å². The van der Waals surface area contributed by atoms with Gasteiger partial charge in [0.25, 0.3) is 0 Å². The first-order chi connectivity index (χ1) is 17.2. The Bertz CT molecular complexity index is 1340. The van der Waals surface area contributed by atoms with Crippen molar-refractivity contribution in [1.82, 2.24) is 10.3 Å². The maximum atomic E-state index is 13.1. The number of pyridine rings is 1. The maximum Gasteiger partial charge on any atom is 0.321 e. The predicted molar refractivity (Wildman–Crippen MR) is 139 cm³/mol. The van der Waals surface area contributed by atoms with E-state index >= 15 is 0 Å². The second-order valence-corrected chi connectivity index (χ2v) is 10.1. The standard InChI is InChI=1S/C25H27N5O5S/c1-35-19-13-14-23(26-16-19)28-25(32)27-22-8-5-15-30(24(22)31)18-11-9-17(10-12-18)20-6-3-4-7-21(20)29-36(2,33)34/h3-4,6-7,9-14,16,22,29H,5,8,15H2,1-2H3,(H2,26,27,28,32)/t22-/m1/s1. The molecule has 1 saturated heterocycles. The molecule has 0 saturated carbocycles. The maximum absolute atomic E-state index is 13.1. The fourth-order valence-electron chi connectivity index (χ4n) is 4.00. The first kappa shape index (κ1) is 25.0. The van der Waals surface area contributed by atoms with E-state index in [-0.39, 0.29) is 5.91 Å². The Morgan fingerprint density at radius 3 is 2.50 bits per heavy atom. The SMILES string of the molecule is COc1ccc(NC(=O)N[C@@H]2CCCN(c3ccc(-c4ccccc4NS(C)(=O)=O)cc3)C2=O)nc1. The molecule has 10 nitrogen and oxygen atoms in total. The van der Waals surface area contributed by atoms with Crippen molar-refractivity contribution in [3.8, 4) is 16.9 Å². The third-order valence-electron chi connectivity index (χ3n) is 5.67. The number of benzene rings is 2. The molecular formula is C25H27N5O5S. The van der Waals surface area contributed by atoms with E-state index in [1.807, 2.05) is 36.4 Å². The average Bonchev–Trinajstić information content (AvgIpc) is 2.85. The lowest BCUT2D eigenvalue weighted by molar-refractivity contribution is -0.121. The Labute approximate surface area is 209 Å². The van der Waals surface area contributed by atoms with Crippen LogP contribution in [0.15, 0.2) is 66.9 Å². The summed E-state index contributed by atoms with van der Waals surface area (Å²) in [5.41, 5.74) is 2.70. The number of aromatic nitrogens is 1. The Hall–Kier alpha value is -4.12. The van der Waals surface area contributed by atoms with Gasteiger partial charge in [0.2, 0.25) is 15.9 Å². The fraction of sp³-hybridized carbons (Fsp3) is 0.240. The van der Waals surface area contributed by atoms with Crippen LogP contribution in [0.3, 0.4) is 0 Å². The molecule has 36 heavy (non-hydrogen) atoms. The van der Waals surface area contributed by atoms with E-state index in [9.17, 15) is 18.0 Å². The molecular weight excluding hydrogens is 482 g/mol. The molecule has 3 aromatic rings. The number of hydrogen-bond acceptors (Lipinski definition) is 6. The van der Waals surface area contributed by atoms with Gasteiger partial charge in [0.05, 0.1) is 25.2 Å². The van der Waals surface area contributed by atoms with Gasteiger partial charge in [-0.15, -0.1) is 0 Å². The molecule has 0 bridgehead atoms. The quantitative estimate of drug-likeness (QED) is 0.447. The van der Waals surface area contributed by atoms with Crippen LogP contribution in [0.5, 0.6) is 5.75 Å². The number of nitrogens with zero attached hydrogens (tertiary/aromatic N) is 2. The molecule has 4 rings (SSSR count). The number of sulfonamides is 1. The normalized spacial score (nSPS) is 15.8. The van der Waals surface area contributed by atoms with Crippen LogP contribution in [0.25, 0.3) is 11.1 Å². The molecule has 188 valence electrons. The third-order valence-corrected chi connectivity index (χ3v) is 6.26. The van der Waals surface area contributed by atoms with Crippen molar-refractivity contribution >= 4 is 39.2 Å². The average molecular weight is 510 g/mol. The molecule has 0 aliphatic carbocycles. The number of hydrogen-bond donors (Lipinski definition) is 3. The number of urea groups is 1. The Balaban J connectivity index is 1.44. The number of ether oxygens (including phenoxy) is 1. The number of carbonyl (C=O) groups is 2. The van der Waals surface area contributed by atoms with Gasteiger partial charge in [0, 0.05) is 17.8 Å². The van der Waals surface area contributed by atoms with E-state index < -0.39 is 22.1 Å². The number of methoxy groups -OCH3 is 1. The molecule has 1 atom stereocenters. The number of nitrogens with one attached hydrogen (secondary N) is 3. The first-order valence-corrected chi connectivity index (χ1v) is 13.2. The van der Waals surface area contributed by atoms with Crippen LogP contribution in [-0.2, 0) is 14.8 Å². The van der Waals surface area contributed by atoms with E-state index in [1.54, 1.807) is 29.2 Å². The molecule has 0 radical (unpaired) electrons. The van der Waals surface area contributed by atoms with Crippen LogP contribution in [0.4, 0.5) is 22.0 Å². The zero-order chi connectivity index (χ0) is 25.7. The summed E-state index contributed by atoms with van der Waals surface area (Å²) in [5, 5.41) is 5.36. The summed E-state index contributed by atoms with van der Waals surface area (Å²) >= 11 is 0. The van der Waals surface area contributed by atoms with Crippen molar-refractivity contribution in [1.29, 1.82) is 0 Å². The molecule has 1 aliphatic rings. The zero-order valence-corrected chi connectivity index (χ0v) is 20.7. The smallest absolute Gasteiger partial charge is 0.321 e. The van der Waals surface area contributed by atoms with Gasteiger partial charge in [-0.2, -0.15) is 0 Å². The number of rotatable bonds is 7. The molecule has 0 spiro atoms. The number of anilines is 3. The van der Waals surface area contributed by atoms with Crippen molar-refractivity contribution < 1.29 is 22.7 Å². The minimum atomic E-state index is -3.43. The van der Waals surface area contributed by atoms with E-state index in [0.29, 0.717) is 35.9 Å². The summed E-state index contributed by atoms with van der Waals surface area (Å²) < 4.78 is 31.0. The summed E-state index contributed by atoms with van der Waals surface area (Å²) in [6.45, 7) is 0.532. The van der Waals surface area contributed by atoms with E-state index in [1.165, 1.54) is 13.3 Å². The topological polar surface area (TPSA) is 130 Å². The number of amides is 3. The second kappa shape index (κ2) is 10.6. The third kappa shape index (κ3) is 6.11. The summed E-state index contributed by atoms with van der Waals surface area (Å²) in [7, 11) is -1.90. The lowest BCUT2D eigenvalue weighted by Crippen LogP contribution is -2.53. The van der Waals surface area contributed by atoms with Crippen molar-refractivity contribution in [2.24, 2.45) is 0 Å². The van der Waals surface area contributed by atoms with Crippen LogP contribution in [0.2, 0.25) is 0 Å². The highest BCUT2D eigenvalue weighted by molar-refractivity contribution is 7.92. The first-order valence-electron chi connectivity index (χ1n) is 11.3. The van der Waals surface area contributed by atoms with Gasteiger partial charge >= 0.3 is 6.03 Å². The molecule has 11 heteroatoms. The number of piperidine rings is 1. The highest BCUT2D eigenvalue weighted by Crippen LogP contribution is 2.31. The highest BCUT2D eigenvalue weighted by Gasteiger charge is 2.31. The molecule has 1 fully saturated rings. The van der Waals surface area contributed by atoms with Gasteiger partial charge in [0.15, 0.2) is 0 Å². The van der Waals surface area contributed by atoms with E-state index in [0.717, 1.165) is 23.8 Å². The van der Waals surface area contributed by atoms with Crippen LogP contribution < -0.4 is 25.0 Å². The Morgan fingerprint density at radius 1 is 1.08 bits per heavy atom. The molecule has 3 N–H and O–H groups in total. The molecule has 1 aliphatic heterocycles. The van der Waals surface area contributed by atoms with E-state index in [4.69, 9.17) is 4.74 Å². The van der Waals surface area contributed by atoms with Gasteiger partial charge in [-0.3, -0.25) is 14.8 Å². The van der Waals surface area contributed by atoms with Crippen molar-refractivity contribution in [2.45, 2.75) is 18.9 Å². The van der Waals surface area contributed by atoms with Crippen molar-refractivity contribution in [3.63, 3.8) is 0 Å². The highest BCUT2D eigenvalue weighted by atomic mass is 32.2. The van der Waals surface area contributed by atoms with Crippen LogP contribution in [0.1, 0.15) is 12.8 Å². The summed E-state index contributed by atoms with van der Waals surface area (Å²) in [6, 6.07) is 16.5. The summed E-state index contributed by atoms with van der Waals surface area (Å²) in [5.74, 6) is 0.709.